The molecule has 1 unspecified atom stereocenters. The van der Waals surface area contributed by atoms with E-state index in [1.165, 1.54) is 17.5 Å². The molecular weight excluding hydrogens is 194 g/mol. The molecule has 1 aromatic rings. The van der Waals surface area contributed by atoms with E-state index in [4.69, 9.17) is 5.26 Å². The molecule has 1 fully saturated rings. The Kier molecular flexibility index (Phi) is 3.01. The Morgan fingerprint density at radius 2 is 1.94 bits per heavy atom. The maximum absolute atomic E-state index is 9.05. The van der Waals surface area contributed by atoms with Crippen molar-refractivity contribution in [2.45, 2.75) is 45.4 Å². The summed E-state index contributed by atoms with van der Waals surface area (Å²) in [6.45, 7) is 4.47. The molecule has 1 aromatic carbocycles. The second-order valence-corrected chi connectivity index (χ2v) is 5.12. The van der Waals surface area contributed by atoms with Gasteiger partial charge in [-0.1, -0.05) is 38.1 Å². The molecule has 16 heavy (non-hydrogen) atoms. The van der Waals surface area contributed by atoms with Gasteiger partial charge in [0.2, 0.25) is 0 Å². The van der Waals surface area contributed by atoms with Crippen LogP contribution in [0.3, 0.4) is 0 Å². The van der Waals surface area contributed by atoms with Crippen molar-refractivity contribution >= 4 is 0 Å². The zero-order valence-corrected chi connectivity index (χ0v) is 10.2. The van der Waals surface area contributed by atoms with Gasteiger partial charge in [-0.05, 0) is 42.7 Å². The summed E-state index contributed by atoms with van der Waals surface area (Å²) in [6, 6.07) is 11.3. The third kappa shape index (κ3) is 2.27. The summed E-state index contributed by atoms with van der Waals surface area (Å²) < 4.78 is 0. The third-order valence-corrected chi connectivity index (χ3v) is 3.79. The minimum absolute atomic E-state index is 0.0160. The molecule has 0 N–H and O–H groups in total. The average Bonchev–Trinajstić information content (AvgIpc) is 3.09. The maximum Gasteiger partial charge on any atom is 0.0693 e. The van der Waals surface area contributed by atoms with Crippen LogP contribution in [-0.4, -0.2) is 0 Å². The molecule has 1 atom stereocenters. The summed E-state index contributed by atoms with van der Waals surface area (Å²) in [7, 11) is 0. The fourth-order valence-corrected chi connectivity index (χ4v) is 2.07. The van der Waals surface area contributed by atoms with Crippen LogP contribution in [0.4, 0.5) is 0 Å². The van der Waals surface area contributed by atoms with E-state index in [0.717, 1.165) is 19.3 Å². The first-order valence-electron chi connectivity index (χ1n) is 6.19. The number of rotatable bonds is 4. The van der Waals surface area contributed by atoms with Gasteiger partial charge in [-0.3, -0.25) is 0 Å². The van der Waals surface area contributed by atoms with E-state index < -0.39 is 0 Å². The molecule has 0 amide bonds. The van der Waals surface area contributed by atoms with Gasteiger partial charge in [-0.2, -0.15) is 5.26 Å². The molecule has 0 aromatic heterocycles. The van der Waals surface area contributed by atoms with Crippen LogP contribution in [0.15, 0.2) is 24.3 Å². The first-order chi connectivity index (χ1) is 7.69. The fourth-order valence-electron chi connectivity index (χ4n) is 2.07. The standard InChI is InChI=1S/C15H19N/c1-3-12(2)14-6-4-13(5-7-14)10-15(11-16)8-9-15/h4-7,12H,3,8-10H2,1-2H3. The van der Waals surface area contributed by atoms with E-state index in [-0.39, 0.29) is 5.41 Å². The molecule has 0 heterocycles. The van der Waals surface area contributed by atoms with Crippen molar-refractivity contribution in [2.24, 2.45) is 5.41 Å². The number of nitriles is 1. The van der Waals surface area contributed by atoms with E-state index in [1.54, 1.807) is 0 Å². The Morgan fingerprint density at radius 3 is 2.38 bits per heavy atom. The number of benzene rings is 1. The third-order valence-electron chi connectivity index (χ3n) is 3.79. The molecule has 2 rings (SSSR count). The van der Waals surface area contributed by atoms with Crippen LogP contribution in [0.25, 0.3) is 0 Å². The monoisotopic (exact) mass is 213 g/mol. The van der Waals surface area contributed by atoms with Crippen molar-refractivity contribution in [3.05, 3.63) is 35.4 Å². The first-order valence-corrected chi connectivity index (χ1v) is 6.19. The Bertz CT molecular complexity index is 392. The van der Waals surface area contributed by atoms with Crippen molar-refractivity contribution < 1.29 is 0 Å². The number of nitrogens with zero attached hydrogens (tertiary/aromatic N) is 1. The lowest BCUT2D eigenvalue weighted by Gasteiger charge is -2.10. The lowest BCUT2D eigenvalue weighted by Crippen LogP contribution is -2.01. The van der Waals surface area contributed by atoms with E-state index in [2.05, 4.69) is 44.2 Å². The largest absolute Gasteiger partial charge is 0.198 e. The SMILES string of the molecule is CCC(C)c1ccc(CC2(C#N)CC2)cc1. The summed E-state index contributed by atoms with van der Waals surface area (Å²) in [4.78, 5) is 0. The highest BCUT2D eigenvalue weighted by Crippen LogP contribution is 2.47. The molecule has 0 saturated heterocycles. The van der Waals surface area contributed by atoms with Crippen LogP contribution in [0, 0.1) is 16.7 Å². The van der Waals surface area contributed by atoms with Crippen LogP contribution in [0.5, 0.6) is 0 Å². The van der Waals surface area contributed by atoms with E-state index in [9.17, 15) is 0 Å². The number of hydrogen-bond donors (Lipinski definition) is 0. The van der Waals surface area contributed by atoms with Crippen LogP contribution < -0.4 is 0 Å². The summed E-state index contributed by atoms with van der Waals surface area (Å²) in [5.41, 5.74) is 2.71. The highest BCUT2D eigenvalue weighted by atomic mass is 14.5. The zero-order valence-electron chi connectivity index (χ0n) is 10.2. The van der Waals surface area contributed by atoms with Crippen LogP contribution in [0.1, 0.15) is 50.2 Å². The lowest BCUT2D eigenvalue weighted by atomic mass is 9.94. The minimum Gasteiger partial charge on any atom is -0.198 e. The van der Waals surface area contributed by atoms with Gasteiger partial charge in [0, 0.05) is 0 Å². The molecule has 1 nitrogen and oxygen atoms in total. The second kappa shape index (κ2) is 4.29. The summed E-state index contributed by atoms with van der Waals surface area (Å²) in [5, 5.41) is 9.05. The van der Waals surface area contributed by atoms with Crippen molar-refractivity contribution in [3.8, 4) is 6.07 Å². The zero-order chi connectivity index (χ0) is 11.6. The molecular formula is C15H19N. The van der Waals surface area contributed by atoms with Crippen LogP contribution in [-0.2, 0) is 6.42 Å². The molecule has 1 heteroatoms. The topological polar surface area (TPSA) is 23.8 Å². The summed E-state index contributed by atoms with van der Waals surface area (Å²) >= 11 is 0. The summed E-state index contributed by atoms with van der Waals surface area (Å²) in [5.74, 6) is 0.639. The smallest absolute Gasteiger partial charge is 0.0693 e. The van der Waals surface area contributed by atoms with Crippen molar-refractivity contribution in [3.63, 3.8) is 0 Å². The van der Waals surface area contributed by atoms with Gasteiger partial charge in [0.05, 0.1) is 11.5 Å². The Balaban J connectivity index is 2.06. The predicted molar refractivity (Wildman–Crippen MR) is 66.1 cm³/mol. The van der Waals surface area contributed by atoms with Crippen molar-refractivity contribution in [1.29, 1.82) is 5.26 Å². The number of hydrogen-bond acceptors (Lipinski definition) is 1. The van der Waals surface area contributed by atoms with E-state index in [0.29, 0.717) is 5.92 Å². The second-order valence-electron chi connectivity index (χ2n) is 5.12. The van der Waals surface area contributed by atoms with Crippen molar-refractivity contribution in [1.82, 2.24) is 0 Å². The van der Waals surface area contributed by atoms with Gasteiger partial charge in [0.25, 0.3) is 0 Å². The van der Waals surface area contributed by atoms with Gasteiger partial charge in [0.15, 0.2) is 0 Å². The van der Waals surface area contributed by atoms with Gasteiger partial charge in [-0.15, -0.1) is 0 Å². The first kappa shape index (κ1) is 11.2. The predicted octanol–water partition coefficient (Wildman–Crippen LogP) is 4.05. The Hall–Kier alpha value is -1.29. The van der Waals surface area contributed by atoms with Gasteiger partial charge < -0.3 is 0 Å². The van der Waals surface area contributed by atoms with Crippen LogP contribution in [0.2, 0.25) is 0 Å². The molecule has 0 spiro atoms. The average molecular weight is 213 g/mol. The van der Waals surface area contributed by atoms with E-state index in [1.807, 2.05) is 0 Å². The van der Waals surface area contributed by atoms with Gasteiger partial charge >= 0.3 is 0 Å². The lowest BCUT2D eigenvalue weighted by molar-refractivity contribution is 0.663. The van der Waals surface area contributed by atoms with E-state index >= 15 is 0 Å². The van der Waals surface area contributed by atoms with Crippen molar-refractivity contribution in [2.75, 3.05) is 0 Å². The Labute approximate surface area is 98.1 Å². The molecule has 84 valence electrons. The molecule has 0 bridgehead atoms. The molecule has 0 aliphatic heterocycles. The highest BCUT2D eigenvalue weighted by molar-refractivity contribution is 5.28. The summed E-state index contributed by atoms with van der Waals surface area (Å²) in [6.07, 6.45) is 4.28. The minimum atomic E-state index is -0.0160. The molecule has 0 radical (unpaired) electrons. The maximum atomic E-state index is 9.05. The van der Waals surface area contributed by atoms with Gasteiger partial charge in [0.1, 0.15) is 0 Å². The molecule has 1 saturated carbocycles. The van der Waals surface area contributed by atoms with Gasteiger partial charge in [-0.25, -0.2) is 0 Å². The molecule has 1 aliphatic carbocycles. The van der Waals surface area contributed by atoms with Crippen LogP contribution >= 0.6 is 0 Å². The normalized spacial score (nSPS) is 18.8. The quantitative estimate of drug-likeness (QED) is 0.740. The fraction of sp³-hybridized carbons (Fsp3) is 0.533. The Morgan fingerprint density at radius 1 is 1.31 bits per heavy atom. The highest BCUT2D eigenvalue weighted by Gasteiger charge is 2.42. The molecule has 1 aliphatic rings.